The Balaban J connectivity index is 1.47. The molecule has 2 N–H and O–H groups in total. The maximum atomic E-state index is 12.0. The van der Waals surface area contributed by atoms with E-state index in [9.17, 15) is 9.59 Å². The van der Waals surface area contributed by atoms with Gasteiger partial charge in [-0.2, -0.15) is 5.10 Å². The van der Waals surface area contributed by atoms with E-state index in [-0.39, 0.29) is 11.5 Å². The molecule has 1 amide bonds. The summed E-state index contributed by atoms with van der Waals surface area (Å²) in [5.41, 5.74) is 6.03. The summed E-state index contributed by atoms with van der Waals surface area (Å²) in [4.78, 5) is 33.4. The summed E-state index contributed by atoms with van der Waals surface area (Å²) in [5.74, 6) is -0.176. The number of hydrogen-bond donors (Lipinski definition) is 2. The zero-order valence-electron chi connectivity index (χ0n) is 17.5. The maximum Gasteiger partial charge on any atom is 0.269 e. The Morgan fingerprint density at radius 3 is 2.83 bits per heavy atom. The smallest absolute Gasteiger partial charge is 0.269 e. The molecule has 156 valence electrons. The Morgan fingerprint density at radius 1 is 1.33 bits per heavy atom. The van der Waals surface area contributed by atoms with Gasteiger partial charge < -0.3 is 15.2 Å². The van der Waals surface area contributed by atoms with Crippen molar-refractivity contribution in [3.8, 4) is 0 Å². The molecule has 0 aromatic carbocycles. The van der Waals surface area contributed by atoms with Crippen molar-refractivity contribution >= 4 is 17.2 Å². The van der Waals surface area contributed by atoms with E-state index in [2.05, 4.69) is 31.4 Å². The minimum absolute atomic E-state index is 0.0459. The van der Waals surface area contributed by atoms with Crippen LogP contribution in [0.25, 0.3) is 5.65 Å². The molecule has 0 bridgehead atoms. The molecule has 8 nitrogen and oxygen atoms in total. The SMILES string of the molecule is CCc1cn2nc(CC3=CCN(c4ccc(C(=O)NC)nc4C)CC3)cc2[nH]c1=O. The highest BCUT2D eigenvalue weighted by molar-refractivity contribution is 5.92. The van der Waals surface area contributed by atoms with Gasteiger partial charge >= 0.3 is 0 Å². The second kappa shape index (κ2) is 8.14. The molecule has 0 unspecified atom stereocenters. The third-order valence-electron chi connectivity index (χ3n) is 5.55. The van der Waals surface area contributed by atoms with Crippen LogP contribution in [0.3, 0.4) is 0 Å². The fourth-order valence-corrected chi connectivity index (χ4v) is 3.84. The first-order valence-corrected chi connectivity index (χ1v) is 10.2. The predicted octanol–water partition coefficient (Wildman–Crippen LogP) is 2.03. The number of carbonyl (C=O) groups is 1. The first-order valence-electron chi connectivity index (χ1n) is 10.2. The second-order valence-corrected chi connectivity index (χ2v) is 7.54. The van der Waals surface area contributed by atoms with E-state index in [1.807, 2.05) is 32.2 Å². The summed E-state index contributed by atoms with van der Waals surface area (Å²) in [6, 6.07) is 5.68. The van der Waals surface area contributed by atoms with Crippen molar-refractivity contribution in [3.63, 3.8) is 0 Å². The zero-order chi connectivity index (χ0) is 21.3. The zero-order valence-corrected chi connectivity index (χ0v) is 17.5. The molecular weight excluding hydrogens is 380 g/mol. The molecule has 8 heteroatoms. The van der Waals surface area contributed by atoms with Crippen LogP contribution >= 0.6 is 0 Å². The van der Waals surface area contributed by atoms with Crippen LogP contribution in [-0.4, -0.2) is 45.6 Å². The van der Waals surface area contributed by atoms with Crippen molar-refractivity contribution in [2.45, 2.75) is 33.1 Å². The molecule has 0 aliphatic carbocycles. The van der Waals surface area contributed by atoms with E-state index in [4.69, 9.17) is 0 Å². The van der Waals surface area contributed by atoms with Crippen molar-refractivity contribution in [3.05, 3.63) is 69.0 Å². The quantitative estimate of drug-likeness (QED) is 0.632. The van der Waals surface area contributed by atoms with Crippen LogP contribution in [0.5, 0.6) is 0 Å². The number of pyridine rings is 1. The highest BCUT2D eigenvalue weighted by atomic mass is 16.1. The lowest BCUT2D eigenvalue weighted by molar-refractivity contribution is 0.0958. The van der Waals surface area contributed by atoms with Gasteiger partial charge in [0.1, 0.15) is 11.3 Å². The Hall–Kier alpha value is -3.42. The standard InChI is InChI=1S/C22H26N6O2/c1-4-16-13-28-20(25-21(16)29)12-17(26-28)11-15-7-9-27(10-8-15)19-6-5-18(22(30)23-3)24-14(19)2/h5-7,12-13H,4,8-11H2,1-3H3,(H,23,30)(H,25,29). The summed E-state index contributed by atoms with van der Waals surface area (Å²) < 4.78 is 1.76. The number of amides is 1. The fraction of sp³-hybridized carbons (Fsp3) is 0.364. The molecule has 3 aromatic rings. The summed E-state index contributed by atoms with van der Waals surface area (Å²) in [5, 5.41) is 7.23. The Morgan fingerprint density at radius 2 is 2.17 bits per heavy atom. The number of carbonyl (C=O) groups excluding carboxylic acids is 1. The topological polar surface area (TPSA) is 95.4 Å². The molecule has 4 rings (SSSR count). The number of H-pyrrole nitrogens is 1. The minimum atomic E-state index is -0.176. The van der Waals surface area contributed by atoms with E-state index in [1.165, 1.54) is 5.57 Å². The normalized spacial score (nSPS) is 14.1. The van der Waals surface area contributed by atoms with Gasteiger partial charge in [-0.15, -0.1) is 0 Å². The van der Waals surface area contributed by atoms with Gasteiger partial charge in [0.2, 0.25) is 0 Å². The Kier molecular flexibility index (Phi) is 5.39. The first kappa shape index (κ1) is 19.9. The Labute approximate surface area is 174 Å². The maximum absolute atomic E-state index is 12.0. The lowest BCUT2D eigenvalue weighted by Crippen LogP contribution is -2.30. The van der Waals surface area contributed by atoms with Crippen LogP contribution in [0, 0.1) is 6.92 Å². The highest BCUT2D eigenvalue weighted by Crippen LogP contribution is 2.24. The average Bonchev–Trinajstić information content (AvgIpc) is 3.14. The number of hydrogen-bond acceptors (Lipinski definition) is 5. The third-order valence-corrected chi connectivity index (χ3v) is 5.55. The van der Waals surface area contributed by atoms with Gasteiger partial charge in [-0.3, -0.25) is 9.59 Å². The molecule has 1 aliphatic rings. The molecular formula is C22H26N6O2. The van der Waals surface area contributed by atoms with E-state index in [0.29, 0.717) is 12.1 Å². The third kappa shape index (κ3) is 3.85. The monoisotopic (exact) mass is 406 g/mol. The van der Waals surface area contributed by atoms with E-state index in [0.717, 1.165) is 54.2 Å². The number of fused-ring (bicyclic) bond motifs is 1. The lowest BCUT2D eigenvalue weighted by atomic mass is 10.0. The van der Waals surface area contributed by atoms with Crippen molar-refractivity contribution in [1.29, 1.82) is 0 Å². The highest BCUT2D eigenvalue weighted by Gasteiger charge is 2.17. The molecule has 30 heavy (non-hydrogen) atoms. The molecule has 0 saturated heterocycles. The van der Waals surface area contributed by atoms with E-state index >= 15 is 0 Å². The lowest BCUT2D eigenvalue weighted by Gasteiger charge is -2.29. The number of aromatic nitrogens is 4. The molecule has 0 atom stereocenters. The van der Waals surface area contributed by atoms with Crippen LogP contribution < -0.4 is 15.8 Å². The fourth-order valence-electron chi connectivity index (χ4n) is 3.84. The van der Waals surface area contributed by atoms with Crippen molar-refractivity contribution in [1.82, 2.24) is 24.9 Å². The van der Waals surface area contributed by atoms with Crippen LogP contribution in [0.2, 0.25) is 0 Å². The molecule has 3 aromatic heterocycles. The van der Waals surface area contributed by atoms with Gasteiger partial charge in [-0.1, -0.05) is 18.6 Å². The van der Waals surface area contributed by atoms with Gasteiger partial charge in [-0.25, -0.2) is 9.50 Å². The molecule has 0 saturated carbocycles. The first-order chi connectivity index (χ1) is 14.5. The number of anilines is 1. The molecule has 1 aliphatic heterocycles. The predicted molar refractivity (Wildman–Crippen MR) is 116 cm³/mol. The van der Waals surface area contributed by atoms with Crippen molar-refractivity contribution in [2.75, 3.05) is 25.0 Å². The Bertz CT molecular complexity index is 1190. The summed E-state index contributed by atoms with van der Waals surface area (Å²) >= 11 is 0. The van der Waals surface area contributed by atoms with Gasteiger partial charge in [0, 0.05) is 44.4 Å². The molecule has 0 fully saturated rings. The molecule has 0 spiro atoms. The van der Waals surface area contributed by atoms with Crippen LogP contribution in [0.4, 0.5) is 5.69 Å². The minimum Gasteiger partial charge on any atom is -0.366 e. The van der Waals surface area contributed by atoms with E-state index in [1.54, 1.807) is 17.6 Å². The summed E-state index contributed by atoms with van der Waals surface area (Å²) in [6.45, 7) is 5.57. The van der Waals surface area contributed by atoms with Gasteiger partial charge in [0.15, 0.2) is 0 Å². The second-order valence-electron chi connectivity index (χ2n) is 7.54. The average molecular weight is 406 g/mol. The summed E-state index contributed by atoms with van der Waals surface area (Å²) in [7, 11) is 1.60. The van der Waals surface area contributed by atoms with Gasteiger partial charge in [-0.05, 0) is 31.9 Å². The van der Waals surface area contributed by atoms with E-state index < -0.39 is 0 Å². The number of rotatable bonds is 5. The summed E-state index contributed by atoms with van der Waals surface area (Å²) in [6.07, 6.45) is 6.43. The largest absolute Gasteiger partial charge is 0.366 e. The van der Waals surface area contributed by atoms with Crippen LogP contribution in [0.15, 0.2) is 40.8 Å². The molecule has 4 heterocycles. The number of aromatic amines is 1. The number of nitrogens with zero attached hydrogens (tertiary/aromatic N) is 4. The van der Waals surface area contributed by atoms with Gasteiger partial charge in [0.25, 0.3) is 11.5 Å². The number of aryl methyl sites for hydroxylation is 2. The molecule has 0 radical (unpaired) electrons. The van der Waals surface area contributed by atoms with Gasteiger partial charge in [0.05, 0.1) is 17.1 Å². The van der Waals surface area contributed by atoms with Crippen molar-refractivity contribution in [2.24, 2.45) is 0 Å². The number of nitrogens with one attached hydrogen (secondary N) is 2. The van der Waals surface area contributed by atoms with Crippen LogP contribution in [0.1, 0.15) is 40.8 Å². The van der Waals surface area contributed by atoms with Crippen LogP contribution in [-0.2, 0) is 12.8 Å². The van der Waals surface area contributed by atoms with Crippen molar-refractivity contribution < 1.29 is 4.79 Å².